The van der Waals surface area contributed by atoms with E-state index in [1.807, 2.05) is 0 Å². The van der Waals surface area contributed by atoms with Gasteiger partial charge in [-0.15, -0.1) is 0 Å². The van der Waals surface area contributed by atoms with Crippen LogP contribution in [0, 0.1) is 0 Å². The average Bonchev–Trinajstić information content (AvgIpc) is 2.23. The molecule has 1 atom stereocenters. The Bertz CT molecular complexity index is 504. The number of benzene rings is 1. The Morgan fingerprint density at radius 1 is 1.40 bits per heavy atom. The van der Waals surface area contributed by atoms with Crippen molar-refractivity contribution in [2.24, 2.45) is 0 Å². The Hall–Kier alpha value is -1.20. The van der Waals surface area contributed by atoms with Gasteiger partial charge in [0.15, 0.2) is 9.84 Å². The van der Waals surface area contributed by atoms with Gasteiger partial charge in [-0.25, -0.2) is 8.42 Å². The largest absolute Gasteiger partial charge is 0.388 e. The first-order valence-electron chi connectivity index (χ1n) is 4.54. The molecule has 0 saturated heterocycles. The SMILES string of the molecule is O=Cc1ccc2c(c1)C(O)CCS2(=O)=O. The van der Waals surface area contributed by atoms with Crippen LogP contribution in [0.25, 0.3) is 0 Å². The molecule has 0 fully saturated rings. The van der Waals surface area contributed by atoms with E-state index in [2.05, 4.69) is 0 Å². The lowest BCUT2D eigenvalue weighted by Crippen LogP contribution is -2.20. The second-order valence-electron chi connectivity index (χ2n) is 3.54. The number of carbonyl (C=O) groups is 1. The topological polar surface area (TPSA) is 71.4 Å². The van der Waals surface area contributed by atoms with Gasteiger partial charge >= 0.3 is 0 Å². The van der Waals surface area contributed by atoms with Gasteiger partial charge in [-0.2, -0.15) is 0 Å². The molecule has 80 valence electrons. The molecule has 0 aliphatic carbocycles. The maximum Gasteiger partial charge on any atom is 0.178 e. The van der Waals surface area contributed by atoms with Crippen LogP contribution in [-0.4, -0.2) is 25.6 Å². The summed E-state index contributed by atoms with van der Waals surface area (Å²) in [5, 5.41) is 9.63. The number of aliphatic hydroxyl groups is 1. The molecule has 1 heterocycles. The molecule has 1 unspecified atom stereocenters. The van der Waals surface area contributed by atoms with Gasteiger partial charge in [-0.1, -0.05) is 6.07 Å². The van der Waals surface area contributed by atoms with Gasteiger partial charge < -0.3 is 5.11 Å². The molecule has 1 aliphatic heterocycles. The van der Waals surface area contributed by atoms with E-state index in [1.165, 1.54) is 18.2 Å². The molecule has 1 aromatic rings. The number of fused-ring (bicyclic) bond motifs is 1. The van der Waals surface area contributed by atoms with Crippen LogP contribution in [-0.2, 0) is 9.84 Å². The molecule has 0 spiro atoms. The highest BCUT2D eigenvalue weighted by Crippen LogP contribution is 2.32. The van der Waals surface area contributed by atoms with Crippen LogP contribution in [0.15, 0.2) is 23.1 Å². The van der Waals surface area contributed by atoms with Crippen LogP contribution in [0.2, 0.25) is 0 Å². The standard InChI is InChI=1S/C10H10O4S/c11-6-7-1-2-10-8(5-7)9(12)3-4-15(10,13)14/h1-2,5-6,9,12H,3-4H2. The summed E-state index contributed by atoms with van der Waals surface area (Å²) in [5.74, 6) is -0.0401. The van der Waals surface area contributed by atoms with Gasteiger partial charge in [0.1, 0.15) is 6.29 Å². The van der Waals surface area contributed by atoms with E-state index in [4.69, 9.17) is 0 Å². The van der Waals surface area contributed by atoms with Gasteiger partial charge in [0.05, 0.1) is 16.8 Å². The fourth-order valence-corrected chi connectivity index (χ4v) is 3.30. The summed E-state index contributed by atoms with van der Waals surface area (Å²) >= 11 is 0. The van der Waals surface area contributed by atoms with Crippen molar-refractivity contribution < 1.29 is 18.3 Å². The summed E-state index contributed by atoms with van der Waals surface area (Å²) in [5.41, 5.74) is 0.718. The Balaban J connectivity index is 2.67. The van der Waals surface area contributed by atoms with E-state index >= 15 is 0 Å². The van der Waals surface area contributed by atoms with E-state index in [-0.39, 0.29) is 17.1 Å². The smallest absolute Gasteiger partial charge is 0.178 e. The third-order valence-electron chi connectivity index (χ3n) is 2.52. The van der Waals surface area contributed by atoms with Crippen molar-refractivity contribution in [3.8, 4) is 0 Å². The molecular formula is C10H10O4S. The third kappa shape index (κ3) is 1.68. The van der Waals surface area contributed by atoms with Crippen LogP contribution in [0.1, 0.15) is 28.4 Å². The monoisotopic (exact) mass is 226 g/mol. The van der Waals surface area contributed by atoms with Crippen LogP contribution in [0.4, 0.5) is 0 Å². The predicted octanol–water partition coefficient (Wildman–Crippen LogP) is 0.710. The molecule has 5 heteroatoms. The molecule has 1 aliphatic rings. The lowest BCUT2D eigenvalue weighted by atomic mass is 10.0. The molecule has 0 radical (unpaired) electrons. The van der Waals surface area contributed by atoms with Gasteiger partial charge in [0.2, 0.25) is 0 Å². The first kappa shape index (κ1) is 10.3. The van der Waals surface area contributed by atoms with Crippen molar-refractivity contribution in [1.29, 1.82) is 0 Å². The van der Waals surface area contributed by atoms with Crippen molar-refractivity contribution in [3.05, 3.63) is 29.3 Å². The van der Waals surface area contributed by atoms with Gasteiger partial charge in [-0.05, 0) is 24.1 Å². The van der Waals surface area contributed by atoms with E-state index in [0.29, 0.717) is 17.4 Å². The summed E-state index contributed by atoms with van der Waals surface area (Å²) in [6.07, 6.45) is 0.0368. The van der Waals surface area contributed by atoms with Gasteiger partial charge in [-0.3, -0.25) is 4.79 Å². The van der Waals surface area contributed by atoms with E-state index in [9.17, 15) is 18.3 Å². The van der Waals surface area contributed by atoms with Crippen molar-refractivity contribution >= 4 is 16.1 Å². The van der Waals surface area contributed by atoms with Crippen LogP contribution >= 0.6 is 0 Å². The Kier molecular flexibility index (Phi) is 2.36. The van der Waals surface area contributed by atoms with Crippen molar-refractivity contribution in [3.63, 3.8) is 0 Å². The van der Waals surface area contributed by atoms with Crippen molar-refractivity contribution in [2.75, 3.05) is 5.75 Å². The zero-order valence-electron chi connectivity index (χ0n) is 7.88. The maximum absolute atomic E-state index is 11.6. The molecule has 1 N–H and O–H groups in total. The molecule has 2 rings (SSSR count). The molecular weight excluding hydrogens is 216 g/mol. The summed E-state index contributed by atoms with van der Waals surface area (Å²) in [4.78, 5) is 10.7. The summed E-state index contributed by atoms with van der Waals surface area (Å²) in [6, 6.07) is 4.27. The minimum Gasteiger partial charge on any atom is -0.388 e. The Morgan fingerprint density at radius 3 is 2.80 bits per heavy atom. The summed E-state index contributed by atoms with van der Waals surface area (Å²) < 4.78 is 23.2. The normalized spacial score (nSPS) is 23.1. The highest BCUT2D eigenvalue weighted by molar-refractivity contribution is 7.91. The van der Waals surface area contributed by atoms with Crippen molar-refractivity contribution in [1.82, 2.24) is 0 Å². The number of hydrogen-bond donors (Lipinski definition) is 1. The minimum absolute atomic E-state index is 0.0401. The lowest BCUT2D eigenvalue weighted by Gasteiger charge is -2.21. The highest BCUT2D eigenvalue weighted by atomic mass is 32.2. The van der Waals surface area contributed by atoms with E-state index in [0.717, 1.165) is 0 Å². The number of carbonyl (C=O) groups excluding carboxylic acids is 1. The molecule has 4 nitrogen and oxygen atoms in total. The van der Waals surface area contributed by atoms with Gasteiger partial charge in [0.25, 0.3) is 0 Å². The lowest BCUT2D eigenvalue weighted by molar-refractivity contribution is 0.112. The fraction of sp³-hybridized carbons (Fsp3) is 0.300. The van der Waals surface area contributed by atoms with Crippen LogP contribution < -0.4 is 0 Å². The van der Waals surface area contributed by atoms with Crippen molar-refractivity contribution in [2.45, 2.75) is 17.4 Å². The molecule has 1 aromatic carbocycles. The number of rotatable bonds is 1. The zero-order chi connectivity index (χ0) is 11.1. The second-order valence-corrected chi connectivity index (χ2v) is 5.62. The second kappa shape index (κ2) is 3.43. The number of hydrogen-bond acceptors (Lipinski definition) is 4. The number of aldehydes is 1. The summed E-state index contributed by atoms with van der Waals surface area (Å²) in [6.45, 7) is 0. The Labute approximate surface area is 87.5 Å². The molecule has 0 aromatic heterocycles. The average molecular weight is 226 g/mol. The molecule has 15 heavy (non-hydrogen) atoms. The highest BCUT2D eigenvalue weighted by Gasteiger charge is 2.29. The summed E-state index contributed by atoms with van der Waals surface area (Å²) in [7, 11) is -3.28. The third-order valence-corrected chi connectivity index (χ3v) is 4.34. The molecule has 0 bridgehead atoms. The predicted molar refractivity (Wildman–Crippen MR) is 53.5 cm³/mol. The number of aliphatic hydroxyl groups excluding tert-OH is 1. The minimum atomic E-state index is -3.28. The van der Waals surface area contributed by atoms with Crippen LogP contribution in [0.3, 0.4) is 0 Å². The van der Waals surface area contributed by atoms with E-state index < -0.39 is 15.9 Å². The molecule has 0 saturated carbocycles. The van der Waals surface area contributed by atoms with Crippen LogP contribution in [0.5, 0.6) is 0 Å². The molecule has 0 amide bonds. The number of sulfone groups is 1. The van der Waals surface area contributed by atoms with Gasteiger partial charge in [0, 0.05) is 5.56 Å². The Morgan fingerprint density at radius 2 is 2.13 bits per heavy atom. The van der Waals surface area contributed by atoms with E-state index in [1.54, 1.807) is 0 Å². The maximum atomic E-state index is 11.6. The first-order chi connectivity index (χ1) is 7.04. The first-order valence-corrected chi connectivity index (χ1v) is 6.20. The zero-order valence-corrected chi connectivity index (χ0v) is 8.70. The fourth-order valence-electron chi connectivity index (χ4n) is 1.72. The quantitative estimate of drug-likeness (QED) is 0.716.